The van der Waals surface area contributed by atoms with Crippen molar-refractivity contribution in [1.82, 2.24) is 5.32 Å². The van der Waals surface area contributed by atoms with Crippen molar-refractivity contribution in [3.8, 4) is 0 Å². The Morgan fingerprint density at radius 1 is 1.44 bits per heavy atom. The number of amides is 1. The Labute approximate surface area is 104 Å². The fourth-order valence-corrected chi connectivity index (χ4v) is 1.38. The summed E-state index contributed by atoms with van der Waals surface area (Å²) in [5.74, 6) is -2.17. The minimum atomic E-state index is -1.45. The molecule has 0 fully saturated rings. The van der Waals surface area contributed by atoms with Gasteiger partial charge in [-0.25, -0.2) is 8.78 Å². The number of nitrogens with one attached hydrogen (secondary N) is 1. The molecule has 1 aromatic rings. The van der Waals surface area contributed by atoms with Crippen molar-refractivity contribution in [1.29, 1.82) is 0 Å². The fourth-order valence-electron chi connectivity index (χ4n) is 1.38. The third-order valence-electron chi connectivity index (χ3n) is 2.53. The van der Waals surface area contributed by atoms with Gasteiger partial charge in [0.15, 0.2) is 0 Å². The van der Waals surface area contributed by atoms with Gasteiger partial charge < -0.3 is 15.2 Å². The van der Waals surface area contributed by atoms with Crippen LogP contribution in [0.25, 0.3) is 0 Å². The van der Waals surface area contributed by atoms with E-state index >= 15 is 0 Å². The standard InChI is InChI=1S/C12H15F2NO3/c1-7(18-2)12(17)15-6-10(16)11-8(13)4-3-5-9(11)14/h3-5,7,10,16H,6H2,1-2H3,(H,15,17). The molecule has 2 atom stereocenters. The zero-order chi connectivity index (χ0) is 13.7. The summed E-state index contributed by atoms with van der Waals surface area (Å²) in [5.41, 5.74) is -0.456. The van der Waals surface area contributed by atoms with E-state index in [-0.39, 0.29) is 6.54 Å². The molecule has 0 bridgehead atoms. The van der Waals surface area contributed by atoms with Crippen molar-refractivity contribution in [2.45, 2.75) is 19.1 Å². The highest BCUT2D eigenvalue weighted by Gasteiger charge is 2.19. The molecular formula is C12H15F2NO3. The third kappa shape index (κ3) is 3.48. The van der Waals surface area contributed by atoms with Crippen molar-refractivity contribution < 1.29 is 23.4 Å². The van der Waals surface area contributed by atoms with E-state index in [1.165, 1.54) is 20.1 Å². The Bertz CT molecular complexity index is 406. The number of rotatable bonds is 5. The number of hydrogen-bond donors (Lipinski definition) is 2. The number of ether oxygens (including phenoxy) is 1. The zero-order valence-electron chi connectivity index (χ0n) is 10.1. The zero-order valence-corrected chi connectivity index (χ0v) is 10.1. The topological polar surface area (TPSA) is 58.6 Å². The highest BCUT2D eigenvalue weighted by Crippen LogP contribution is 2.19. The predicted molar refractivity (Wildman–Crippen MR) is 60.8 cm³/mol. The van der Waals surface area contributed by atoms with Crippen LogP contribution in [0.5, 0.6) is 0 Å². The summed E-state index contributed by atoms with van der Waals surface area (Å²) in [6, 6.07) is 3.29. The average Bonchev–Trinajstić information content (AvgIpc) is 2.34. The second-order valence-corrected chi connectivity index (χ2v) is 3.77. The molecule has 1 rings (SSSR count). The van der Waals surface area contributed by atoms with Gasteiger partial charge in [0.1, 0.15) is 23.8 Å². The maximum Gasteiger partial charge on any atom is 0.248 e. The van der Waals surface area contributed by atoms with E-state index in [4.69, 9.17) is 4.74 Å². The molecule has 0 aliphatic rings. The summed E-state index contributed by atoms with van der Waals surface area (Å²) in [6.45, 7) is 1.23. The Balaban J connectivity index is 2.66. The first kappa shape index (κ1) is 14.5. The van der Waals surface area contributed by atoms with Gasteiger partial charge in [-0.05, 0) is 19.1 Å². The quantitative estimate of drug-likeness (QED) is 0.834. The molecule has 2 unspecified atom stereocenters. The molecule has 0 heterocycles. The molecule has 1 amide bonds. The molecule has 18 heavy (non-hydrogen) atoms. The number of aliphatic hydroxyl groups is 1. The summed E-state index contributed by atoms with van der Waals surface area (Å²) in [5, 5.41) is 12.0. The van der Waals surface area contributed by atoms with Gasteiger partial charge in [-0.15, -0.1) is 0 Å². The van der Waals surface area contributed by atoms with Crippen LogP contribution in [-0.4, -0.2) is 30.8 Å². The Morgan fingerprint density at radius 2 is 2.00 bits per heavy atom. The SMILES string of the molecule is COC(C)C(=O)NCC(O)c1c(F)cccc1F. The highest BCUT2D eigenvalue weighted by atomic mass is 19.1. The number of hydrogen-bond acceptors (Lipinski definition) is 3. The lowest BCUT2D eigenvalue weighted by Gasteiger charge is -2.15. The Morgan fingerprint density at radius 3 is 2.50 bits per heavy atom. The minimum absolute atomic E-state index is 0.287. The van der Waals surface area contributed by atoms with E-state index in [1.54, 1.807) is 0 Å². The van der Waals surface area contributed by atoms with Gasteiger partial charge in [-0.1, -0.05) is 6.07 Å². The summed E-state index contributed by atoms with van der Waals surface area (Å²) in [6.07, 6.45) is -2.14. The summed E-state index contributed by atoms with van der Waals surface area (Å²) in [7, 11) is 1.36. The van der Waals surface area contributed by atoms with E-state index < -0.39 is 35.3 Å². The van der Waals surface area contributed by atoms with E-state index in [0.717, 1.165) is 12.1 Å². The first-order valence-corrected chi connectivity index (χ1v) is 5.39. The fraction of sp³-hybridized carbons (Fsp3) is 0.417. The van der Waals surface area contributed by atoms with Crippen LogP contribution in [0, 0.1) is 11.6 Å². The molecule has 0 aromatic heterocycles. The van der Waals surface area contributed by atoms with E-state index in [1.807, 2.05) is 0 Å². The van der Waals surface area contributed by atoms with Crippen LogP contribution < -0.4 is 5.32 Å². The van der Waals surface area contributed by atoms with Gasteiger partial charge in [0.25, 0.3) is 0 Å². The van der Waals surface area contributed by atoms with Crippen LogP contribution in [0.2, 0.25) is 0 Å². The summed E-state index contributed by atoms with van der Waals surface area (Å²) in [4.78, 5) is 11.3. The van der Waals surface area contributed by atoms with Gasteiger partial charge in [-0.2, -0.15) is 0 Å². The number of aliphatic hydroxyl groups excluding tert-OH is 1. The second-order valence-electron chi connectivity index (χ2n) is 3.77. The molecule has 0 saturated heterocycles. The Hall–Kier alpha value is -1.53. The van der Waals surface area contributed by atoms with Crippen LogP contribution in [0.4, 0.5) is 8.78 Å². The third-order valence-corrected chi connectivity index (χ3v) is 2.53. The van der Waals surface area contributed by atoms with Crippen molar-refractivity contribution >= 4 is 5.91 Å². The molecule has 1 aromatic carbocycles. The smallest absolute Gasteiger partial charge is 0.248 e. The lowest BCUT2D eigenvalue weighted by Crippen LogP contribution is -2.36. The van der Waals surface area contributed by atoms with Crippen LogP contribution in [0.15, 0.2) is 18.2 Å². The van der Waals surface area contributed by atoms with Gasteiger partial charge >= 0.3 is 0 Å². The number of carbonyl (C=O) groups is 1. The molecule has 100 valence electrons. The van der Waals surface area contributed by atoms with Gasteiger partial charge in [0.05, 0.1) is 5.56 Å². The molecule has 0 aliphatic carbocycles. The van der Waals surface area contributed by atoms with Crippen LogP contribution >= 0.6 is 0 Å². The monoisotopic (exact) mass is 259 g/mol. The van der Waals surface area contributed by atoms with Gasteiger partial charge in [0, 0.05) is 13.7 Å². The lowest BCUT2D eigenvalue weighted by atomic mass is 10.1. The van der Waals surface area contributed by atoms with Crippen molar-refractivity contribution in [3.05, 3.63) is 35.4 Å². The largest absolute Gasteiger partial charge is 0.386 e. The van der Waals surface area contributed by atoms with Crippen LogP contribution in [-0.2, 0) is 9.53 Å². The molecule has 6 heteroatoms. The molecule has 2 N–H and O–H groups in total. The van der Waals surface area contributed by atoms with E-state index in [0.29, 0.717) is 0 Å². The van der Waals surface area contributed by atoms with Crippen molar-refractivity contribution in [2.75, 3.05) is 13.7 Å². The first-order valence-electron chi connectivity index (χ1n) is 5.39. The van der Waals surface area contributed by atoms with Crippen molar-refractivity contribution in [3.63, 3.8) is 0 Å². The normalized spacial score (nSPS) is 14.1. The highest BCUT2D eigenvalue weighted by molar-refractivity contribution is 5.80. The number of halogens is 2. The molecule has 0 aliphatic heterocycles. The first-order chi connectivity index (χ1) is 8.47. The summed E-state index contributed by atoms with van der Waals surface area (Å²) < 4.78 is 31.4. The van der Waals surface area contributed by atoms with Gasteiger partial charge in [-0.3, -0.25) is 4.79 Å². The van der Waals surface area contributed by atoms with E-state index in [2.05, 4.69) is 5.32 Å². The predicted octanol–water partition coefficient (Wildman–Crippen LogP) is 1.15. The van der Waals surface area contributed by atoms with Crippen LogP contribution in [0.3, 0.4) is 0 Å². The molecular weight excluding hydrogens is 244 g/mol. The molecule has 4 nitrogen and oxygen atoms in total. The minimum Gasteiger partial charge on any atom is -0.386 e. The number of methoxy groups -OCH3 is 1. The number of carbonyl (C=O) groups excluding carboxylic acids is 1. The van der Waals surface area contributed by atoms with Gasteiger partial charge in [0.2, 0.25) is 5.91 Å². The molecule has 0 spiro atoms. The van der Waals surface area contributed by atoms with E-state index in [9.17, 15) is 18.7 Å². The maximum absolute atomic E-state index is 13.3. The van der Waals surface area contributed by atoms with Crippen molar-refractivity contribution in [2.24, 2.45) is 0 Å². The van der Waals surface area contributed by atoms with Crippen LogP contribution in [0.1, 0.15) is 18.6 Å². The lowest BCUT2D eigenvalue weighted by molar-refractivity contribution is -0.130. The molecule has 0 radical (unpaired) electrons. The molecule has 0 saturated carbocycles. The summed E-state index contributed by atoms with van der Waals surface area (Å²) >= 11 is 0. The Kier molecular flexibility index (Phi) is 5.18. The maximum atomic E-state index is 13.3. The average molecular weight is 259 g/mol. The number of benzene rings is 1. The second kappa shape index (κ2) is 6.42.